The number of fused-ring (bicyclic) bond motifs is 3. The first-order chi connectivity index (χ1) is 35.9. The van der Waals surface area contributed by atoms with Crippen LogP contribution in [0.15, 0.2) is 200 Å². The van der Waals surface area contributed by atoms with Crippen LogP contribution in [0.5, 0.6) is 0 Å². The summed E-state index contributed by atoms with van der Waals surface area (Å²) in [6.07, 6.45) is 0. The highest BCUT2D eigenvalue weighted by Crippen LogP contribution is 2.46. The second kappa shape index (κ2) is 18.7. The molecule has 0 unspecified atom stereocenters. The monoisotopic (exact) mass is 927 g/mol. The van der Waals surface area contributed by atoms with Gasteiger partial charge in [-0.1, -0.05) is 109 Å². The maximum atomic E-state index is 10.9. The first kappa shape index (κ1) is 44.3. The van der Waals surface area contributed by atoms with Crippen molar-refractivity contribution in [2.75, 3.05) is 0 Å². The van der Waals surface area contributed by atoms with E-state index in [9.17, 15) is 31.6 Å². The molecule has 73 heavy (non-hydrogen) atoms. The highest BCUT2D eigenvalue weighted by atomic mass is 15.0. The molecule has 0 aliphatic heterocycles. The second-order valence-electron chi connectivity index (χ2n) is 17.3. The zero-order valence-electron chi connectivity index (χ0n) is 38.6. The Kier molecular flexibility index (Phi) is 11.4. The molecule has 2 aromatic heterocycles. The van der Waals surface area contributed by atoms with Crippen LogP contribution in [0, 0.1) is 68.0 Å². The van der Waals surface area contributed by atoms with E-state index in [1.54, 1.807) is 48.5 Å². The van der Waals surface area contributed by atoms with Gasteiger partial charge < -0.3 is 4.57 Å². The minimum Gasteiger partial charge on any atom is -0.308 e. The molecule has 11 rings (SSSR count). The molecule has 0 amide bonds. The normalized spacial score (nSPS) is 10.7. The van der Waals surface area contributed by atoms with Gasteiger partial charge >= 0.3 is 0 Å². The van der Waals surface area contributed by atoms with Gasteiger partial charge in [-0.25, -0.2) is 9.97 Å². The number of hydrogen-bond donors (Lipinski definition) is 0. The van der Waals surface area contributed by atoms with Crippen LogP contribution in [-0.2, 0) is 0 Å². The third-order valence-corrected chi connectivity index (χ3v) is 12.9. The maximum Gasteiger partial charge on any atom is 0.160 e. The Morgan fingerprint density at radius 2 is 0.712 bits per heavy atom. The molecule has 0 fully saturated rings. The van der Waals surface area contributed by atoms with E-state index >= 15 is 0 Å². The fourth-order valence-corrected chi connectivity index (χ4v) is 9.60. The summed E-state index contributed by atoms with van der Waals surface area (Å²) in [7, 11) is 0. The summed E-state index contributed by atoms with van der Waals surface area (Å²) < 4.78 is 2.17. The van der Waals surface area contributed by atoms with Crippen molar-refractivity contribution in [3.63, 3.8) is 0 Å². The molecule has 0 saturated heterocycles. The molecular weight excluding hydrogens is 895 g/mol. The van der Waals surface area contributed by atoms with Crippen LogP contribution in [0.3, 0.4) is 0 Å². The lowest BCUT2D eigenvalue weighted by atomic mass is 9.88. The second-order valence-corrected chi connectivity index (χ2v) is 17.3. The van der Waals surface area contributed by atoms with Crippen molar-refractivity contribution in [2.45, 2.75) is 0 Å². The zero-order chi connectivity index (χ0) is 50.0. The van der Waals surface area contributed by atoms with Crippen LogP contribution in [0.2, 0.25) is 0 Å². The van der Waals surface area contributed by atoms with Crippen molar-refractivity contribution in [1.82, 2.24) is 14.5 Å². The number of nitrogens with zero attached hydrogens (tertiary/aromatic N) is 9. The number of aromatic nitrogens is 3. The molecule has 9 heteroatoms. The molecule has 334 valence electrons. The summed E-state index contributed by atoms with van der Waals surface area (Å²) in [5.41, 5.74) is 13.8. The summed E-state index contributed by atoms with van der Waals surface area (Å²) in [5.74, 6) is 0.525. The molecule has 0 aliphatic carbocycles. The van der Waals surface area contributed by atoms with Crippen molar-refractivity contribution in [2.24, 2.45) is 0 Å². The van der Waals surface area contributed by atoms with E-state index in [0.29, 0.717) is 95.2 Å². The van der Waals surface area contributed by atoms with E-state index in [0.717, 1.165) is 44.1 Å². The fraction of sp³-hybridized carbons (Fsp3) is 0. The van der Waals surface area contributed by atoms with Crippen LogP contribution >= 0.6 is 0 Å². The van der Waals surface area contributed by atoms with Crippen molar-refractivity contribution < 1.29 is 0 Å². The quantitative estimate of drug-likeness (QED) is 0.145. The van der Waals surface area contributed by atoms with Gasteiger partial charge in [0.2, 0.25) is 0 Å². The summed E-state index contributed by atoms with van der Waals surface area (Å²) in [6, 6.07) is 76.6. The molecule has 0 bridgehead atoms. The van der Waals surface area contributed by atoms with E-state index in [1.807, 2.05) is 140 Å². The minimum absolute atomic E-state index is 0.349. The Morgan fingerprint density at radius 1 is 0.301 bits per heavy atom. The van der Waals surface area contributed by atoms with Crippen LogP contribution in [0.25, 0.3) is 106 Å². The molecule has 0 spiro atoms. The highest BCUT2D eigenvalue weighted by Gasteiger charge is 2.26. The average molecular weight is 928 g/mol. The molecular formula is C64H33N9. The SMILES string of the molecule is N#Cc1cc(C#N)cc(-c2ccc3c(c2)c2cc(-c4cc(C#N)cc(C#N)c4)ccc2n3-c2c(-c3ccccc3C#N)cc(-c3cc(-c4ccccc4)nc(-c4ccccc4)n3)cc2-c2ccccc2C#N)c1. The number of rotatable bonds is 8. The summed E-state index contributed by atoms with van der Waals surface area (Å²) in [5, 5.41) is 63.2. The van der Waals surface area contributed by atoms with E-state index in [-0.39, 0.29) is 0 Å². The molecule has 0 N–H and O–H groups in total. The summed E-state index contributed by atoms with van der Waals surface area (Å²) >= 11 is 0. The van der Waals surface area contributed by atoms with Gasteiger partial charge in [0.25, 0.3) is 0 Å². The number of hydrogen-bond acceptors (Lipinski definition) is 8. The predicted octanol–water partition coefficient (Wildman–Crippen LogP) is 14.5. The van der Waals surface area contributed by atoms with E-state index < -0.39 is 0 Å². The summed E-state index contributed by atoms with van der Waals surface area (Å²) in [6.45, 7) is 0. The molecule has 9 aromatic carbocycles. The molecule has 2 heterocycles. The lowest BCUT2D eigenvalue weighted by molar-refractivity contribution is 1.17. The molecule has 9 nitrogen and oxygen atoms in total. The van der Waals surface area contributed by atoms with Crippen LogP contribution in [-0.4, -0.2) is 14.5 Å². The first-order valence-corrected chi connectivity index (χ1v) is 23.1. The molecule has 11 aromatic rings. The molecule has 0 aliphatic rings. The van der Waals surface area contributed by atoms with Crippen molar-refractivity contribution in [3.8, 4) is 121 Å². The highest BCUT2D eigenvalue weighted by molar-refractivity contribution is 6.13. The van der Waals surface area contributed by atoms with Gasteiger partial charge in [-0.2, -0.15) is 31.6 Å². The smallest absolute Gasteiger partial charge is 0.160 e. The predicted molar refractivity (Wildman–Crippen MR) is 283 cm³/mol. The number of benzene rings is 9. The van der Waals surface area contributed by atoms with E-state index in [4.69, 9.17) is 9.97 Å². The van der Waals surface area contributed by atoms with Gasteiger partial charge in [-0.15, -0.1) is 0 Å². The van der Waals surface area contributed by atoms with E-state index in [1.165, 1.54) is 0 Å². The van der Waals surface area contributed by atoms with Crippen molar-refractivity contribution in [1.29, 1.82) is 31.6 Å². The lowest BCUT2D eigenvalue weighted by Crippen LogP contribution is -2.04. The van der Waals surface area contributed by atoms with Gasteiger partial charge in [0.05, 0.1) is 97.9 Å². The Balaban J connectivity index is 1.29. The van der Waals surface area contributed by atoms with Crippen LogP contribution in [0.4, 0.5) is 0 Å². The van der Waals surface area contributed by atoms with Gasteiger partial charge in [0, 0.05) is 49.7 Å². The Bertz CT molecular complexity index is 4000. The first-order valence-electron chi connectivity index (χ1n) is 23.1. The Morgan fingerprint density at radius 3 is 1.15 bits per heavy atom. The van der Waals surface area contributed by atoms with Gasteiger partial charge in [0.15, 0.2) is 5.82 Å². The average Bonchev–Trinajstić information content (AvgIpc) is 3.79. The third kappa shape index (κ3) is 8.13. The molecule has 0 atom stereocenters. The standard InChI is InChI=1S/C64H33N9/c65-34-40-23-41(35-66)26-50(25-40)46-19-21-61-55(29-46)56-30-47(51-27-42(36-67)24-43(28-51)37-68)20-22-62(56)73(61)63-57(53-17-9-7-15-48(53)38-69)31-52(32-58(63)54-18-10-8-16-49(54)39-70)60-33-59(44-11-3-1-4-12-44)71-64(72-60)45-13-5-2-6-14-45/h1-33H. The van der Waals surface area contributed by atoms with Crippen molar-refractivity contribution in [3.05, 3.63) is 234 Å². The summed E-state index contributed by atoms with van der Waals surface area (Å²) in [4.78, 5) is 10.3. The maximum absolute atomic E-state index is 10.9. The molecule has 0 saturated carbocycles. The Hall–Kier alpha value is -11.2. The van der Waals surface area contributed by atoms with Crippen molar-refractivity contribution >= 4 is 21.8 Å². The third-order valence-electron chi connectivity index (χ3n) is 12.9. The molecule has 0 radical (unpaired) electrons. The fourth-order valence-electron chi connectivity index (χ4n) is 9.60. The number of nitriles is 6. The lowest BCUT2D eigenvalue weighted by Gasteiger charge is -2.22. The topological polar surface area (TPSA) is 173 Å². The largest absolute Gasteiger partial charge is 0.308 e. The zero-order valence-corrected chi connectivity index (χ0v) is 38.6. The minimum atomic E-state index is 0.349. The van der Waals surface area contributed by atoms with Crippen LogP contribution < -0.4 is 0 Å². The van der Waals surface area contributed by atoms with Crippen LogP contribution in [0.1, 0.15) is 33.4 Å². The van der Waals surface area contributed by atoms with Gasteiger partial charge in [-0.05, 0) is 113 Å². The van der Waals surface area contributed by atoms with Gasteiger partial charge in [0.1, 0.15) is 0 Å². The Labute approximate surface area is 420 Å². The van der Waals surface area contributed by atoms with E-state index in [2.05, 4.69) is 53.1 Å². The van der Waals surface area contributed by atoms with Gasteiger partial charge in [-0.3, -0.25) is 0 Å².